The van der Waals surface area contributed by atoms with E-state index in [-0.39, 0.29) is 17.2 Å². The fourth-order valence-corrected chi connectivity index (χ4v) is 3.90. The van der Waals surface area contributed by atoms with Gasteiger partial charge in [0.2, 0.25) is 11.6 Å². The van der Waals surface area contributed by atoms with Crippen molar-refractivity contribution in [1.29, 1.82) is 0 Å². The average molecular weight is 451 g/mol. The van der Waals surface area contributed by atoms with Gasteiger partial charge in [0.25, 0.3) is 5.91 Å². The second-order valence-corrected chi connectivity index (χ2v) is 7.60. The summed E-state index contributed by atoms with van der Waals surface area (Å²) in [6.45, 7) is 1.97. The number of nitrogens with zero attached hydrogens (tertiary/aromatic N) is 4. The molecule has 0 spiro atoms. The van der Waals surface area contributed by atoms with Crippen LogP contribution in [0.5, 0.6) is 5.75 Å². The first-order chi connectivity index (χ1) is 15.5. The average Bonchev–Trinajstić information content (AvgIpc) is 3.18. The van der Waals surface area contributed by atoms with Crippen LogP contribution in [0.2, 0.25) is 0 Å². The van der Waals surface area contributed by atoms with Crippen molar-refractivity contribution in [1.82, 2.24) is 20.4 Å². The first-order valence-electron chi connectivity index (χ1n) is 9.29. The highest BCUT2D eigenvalue weighted by Gasteiger charge is 2.25. The van der Waals surface area contributed by atoms with Crippen LogP contribution in [0.3, 0.4) is 0 Å². The minimum absolute atomic E-state index is 0.0604. The summed E-state index contributed by atoms with van der Waals surface area (Å²) in [4.78, 5) is 35.9. The van der Waals surface area contributed by atoms with E-state index in [1.807, 2.05) is 25.1 Å². The van der Waals surface area contributed by atoms with Crippen molar-refractivity contribution >= 4 is 49.9 Å². The minimum Gasteiger partial charge on any atom is -0.496 e. The van der Waals surface area contributed by atoms with Gasteiger partial charge >= 0.3 is 5.69 Å². The van der Waals surface area contributed by atoms with E-state index in [1.165, 1.54) is 18.4 Å². The van der Waals surface area contributed by atoms with Crippen LogP contribution in [-0.2, 0) is 0 Å². The maximum Gasteiger partial charge on any atom is 0.355 e. The number of anilines is 3. The number of nitro groups is 1. The van der Waals surface area contributed by atoms with Crippen molar-refractivity contribution in [3.05, 3.63) is 70.0 Å². The molecule has 4 aromatic rings. The molecule has 11 nitrogen and oxygen atoms in total. The maximum atomic E-state index is 12.5. The summed E-state index contributed by atoms with van der Waals surface area (Å²) >= 11 is 1.34. The fraction of sp³-hybridized carbons (Fsp3) is 0.100. The molecule has 0 saturated carbocycles. The van der Waals surface area contributed by atoms with E-state index >= 15 is 0 Å². The quantitative estimate of drug-likeness (QED) is 0.282. The van der Waals surface area contributed by atoms with Crippen LogP contribution in [0.15, 0.2) is 48.8 Å². The number of nitrogens with one attached hydrogen (secondary N) is 3. The first kappa shape index (κ1) is 20.9. The number of rotatable bonds is 7. The third-order valence-electron chi connectivity index (χ3n) is 4.42. The number of benzene rings is 2. The van der Waals surface area contributed by atoms with Crippen molar-refractivity contribution in [2.45, 2.75) is 6.92 Å². The number of thiazole rings is 1. The van der Waals surface area contributed by atoms with E-state index in [0.29, 0.717) is 10.9 Å². The molecule has 4 rings (SSSR count). The number of fused-ring (bicyclic) bond motifs is 1. The van der Waals surface area contributed by atoms with Gasteiger partial charge in [-0.25, -0.2) is 15.0 Å². The van der Waals surface area contributed by atoms with Crippen molar-refractivity contribution < 1.29 is 14.5 Å². The number of hydrogen-bond acceptors (Lipinski definition) is 10. The van der Waals surface area contributed by atoms with Crippen LogP contribution in [-0.4, -0.2) is 32.9 Å². The number of hydrazine groups is 1. The molecule has 32 heavy (non-hydrogen) atoms. The van der Waals surface area contributed by atoms with Gasteiger partial charge in [-0.15, -0.1) is 0 Å². The SMILES string of the molecule is COc1ccccc1C(=O)NNc1ncnc(Nc2nc3ccc(C)cc3s2)c1[N+](=O)[O-]. The van der Waals surface area contributed by atoms with E-state index in [2.05, 4.69) is 31.1 Å². The van der Waals surface area contributed by atoms with Crippen LogP contribution in [0.25, 0.3) is 10.2 Å². The van der Waals surface area contributed by atoms with Gasteiger partial charge in [0, 0.05) is 0 Å². The molecule has 2 aromatic carbocycles. The second-order valence-electron chi connectivity index (χ2n) is 6.57. The fourth-order valence-electron chi connectivity index (χ4n) is 2.94. The zero-order valence-electron chi connectivity index (χ0n) is 16.9. The summed E-state index contributed by atoms with van der Waals surface area (Å²) in [6, 6.07) is 12.4. The van der Waals surface area contributed by atoms with Gasteiger partial charge in [-0.2, -0.15) is 0 Å². The molecule has 2 heterocycles. The third kappa shape index (κ3) is 4.25. The Morgan fingerprint density at radius 3 is 2.72 bits per heavy atom. The number of aromatic nitrogens is 3. The van der Waals surface area contributed by atoms with Gasteiger partial charge in [-0.3, -0.25) is 25.8 Å². The summed E-state index contributed by atoms with van der Waals surface area (Å²) in [7, 11) is 1.44. The molecule has 0 bridgehead atoms. The molecule has 0 aliphatic carbocycles. The van der Waals surface area contributed by atoms with Crippen LogP contribution >= 0.6 is 11.3 Å². The van der Waals surface area contributed by atoms with Crippen LogP contribution in [0.1, 0.15) is 15.9 Å². The monoisotopic (exact) mass is 451 g/mol. The summed E-state index contributed by atoms with van der Waals surface area (Å²) in [6.07, 6.45) is 1.14. The van der Waals surface area contributed by atoms with Crippen molar-refractivity contribution in [3.63, 3.8) is 0 Å². The number of amides is 1. The molecule has 2 aromatic heterocycles. The molecule has 3 N–H and O–H groups in total. The predicted octanol–water partition coefficient (Wildman–Crippen LogP) is 3.81. The molecule has 1 amide bonds. The molecule has 0 aliphatic rings. The molecule has 0 aliphatic heterocycles. The van der Waals surface area contributed by atoms with Gasteiger partial charge in [-0.05, 0) is 36.8 Å². The van der Waals surface area contributed by atoms with Gasteiger partial charge < -0.3 is 10.1 Å². The normalized spacial score (nSPS) is 10.6. The van der Waals surface area contributed by atoms with E-state index in [4.69, 9.17) is 4.74 Å². The molecule has 12 heteroatoms. The number of carbonyl (C=O) groups excluding carboxylic acids is 1. The second kappa shape index (κ2) is 8.81. The lowest BCUT2D eigenvalue weighted by atomic mass is 10.2. The smallest absolute Gasteiger partial charge is 0.355 e. The van der Waals surface area contributed by atoms with Crippen LogP contribution in [0.4, 0.5) is 22.5 Å². The lowest BCUT2D eigenvalue weighted by Gasteiger charge is -2.11. The number of hydrogen-bond donors (Lipinski definition) is 3. The Bertz CT molecular complexity index is 1320. The minimum atomic E-state index is -0.641. The Kier molecular flexibility index (Phi) is 5.77. The van der Waals surface area contributed by atoms with E-state index in [9.17, 15) is 14.9 Å². The molecule has 0 atom stereocenters. The predicted molar refractivity (Wildman–Crippen MR) is 120 cm³/mol. The highest BCUT2D eigenvalue weighted by Crippen LogP contribution is 2.34. The van der Waals surface area contributed by atoms with Gasteiger partial charge in [0.05, 0.1) is 27.8 Å². The topological polar surface area (TPSA) is 144 Å². The highest BCUT2D eigenvalue weighted by molar-refractivity contribution is 7.22. The number of para-hydroxylation sites is 1. The molecular weight excluding hydrogens is 434 g/mol. The molecule has 0 fully saturated rings. The van der Waals surface area contributed by atoms with Gasteiger partial charge in [-0.1, -0.05) is 29.5 Å². The summed E-state index contributed by atoms with van der Waals surface area (Å²) < 4.78 is 6.10. The number of carbonyl (C=O) groups is 1. The van der Waals surface area contributed by atoms with Crippen molar-refractivity contribution in [2.75, 3.05) is 17.9 Å². The first-order valence-corrected chi connectivity index (χ1v) is 10.1. The molecule has 0 unspecified atom stereocenters. The highest BCUT2D eigenvalue weighted by atomic mass is 32.1. The lowest BCUT2D eigenvalue weighted by Crippen LogP contribution is -2.30. The Balaban J connectivity index is 1.59. The largest absolute Gasteiger partial charge is 0.496 e. The van der Waals surface area contributed by atoms with Crippen molar-refractivity contribution in [3.8, 4) is 5.75 Å². The summed E-state index contributed by atoms with van der Waals surface area (Å²) in [5.74, 6) is -0.439. The lowest BCUT2D eigenvalue weighted by molar-refractivity contribution is -0.383. The maximum absolute atomic E-state index is 12.5. The number of ether oxygens (including phenoxy) is 1. The van der Waals surface area contributed by atoms with E-state index < -0.39 is 16.5 Å². The summed E-state index contributed by atoms with van der Waals surface area (Å²) in [5, 5.41) is 15.1. The Morgan fingerprint density at radius 2 is 1.94 bits per heavy atom. The zero-order chi connectivity index (χ0) is 22.7. The van der Waals surface area contributed by atoms with E-state index in [0.717, 1.165) is 22.1 Å². The zero-order valence-corrected chi connectivity index (χ0v) is 17.8. The Hall–Kier alpha value is -4.32. The molecule has 0 saturated heterocycles. The molecular formula is C20H17N7O4S. The number of aryl methyl sites for hydroxylation is 1. The summed E-state index contributed by atoms with van der Waals surface area (Å²) in [5.41, 5.74) is 6.56. The van der Waals surface area contributed by atoms with Crippen LogP contribution < -0.4 is 20.9 Å². The standard InChI is InChI=1S/C20H17N7O4S/c1-11-7-8-13-15(9-11)32-20(23-13)24-17-16(27(29)30)18(22-10-21-17)25-26-19(28)12-5-3-4-6-14(12)31-2/h3-10H,1-2H3,(H,26,28)(H2,21,22,23,24,25). The van der Waals surface area contributed by atoms with E-state index in [1.54, 1.807) is 24.3 Å². The third-order valence-corrected chi connectivity index (χ3v) is 5.35. The van der Waals surface area contributed by atoms with Gasteiger partial charge in [0.1, 0.15) is 12.1 Å². The van der Waals surface area contributed by atoms with Gasteiger partial charge in [0.15, 0.2) is 5.13 Å². The molecule has 162 valence electrons. The van der Waals surface area contributed by atoms with Crippen LogP contribution in [0, 0.1) is 17.0 Å². The molecule has 0 radical (unpaired) electrons. The number of methoxy groups -OCH3 is 1. The van der Waals surface area contributed by atoms with Crippen molar-refractivity contribution in [2.24, 2.45) is 0 Å². The Labute approximate surface area is 185 Å². The Morgan fingerprint density at radius 1 is 1.16 bits per heavy atom.